The van der Waals surface area contributed by atoms with Crippen LogP contribution in [0.3, 0.4) is 0 Å². The number of aromatic nitrogens is 1. The molecule has 0 radical (unpaired) electrons. The number of nitrogens with one attached hydrogen (secondary N) is 1. The summed E-state index contributed by atoms with van der Waals surface area (Å²) in [5, 5.41) is 2.49. The molecule has 0 fully saturated rings. The molecule has 0 aliphatic heterocycles. The first kappa shape index (κ1) is 21.6. The molecule has 2 aromatic rings. The lowest BCUT2D eigenvalue weighted by atomic mass is 10.2. The molecule has 28 heavy (non-hydrogen) atoms. The van der Waals surface area contributed by atoms with E-state index in [9.17, 15) is 26.4 Å². The Bertz CT molecular complexity index is 916. The zero-order valence-corrected chi connectivity index (χ0v) is 15.5. The van der Waals surface area contributed by atoms with Crippen LogP contribution in [0.25, 0.3) is 0 Å². The fourth-order valence-corrected chi connectivity index (χ4v) is 2.90. The van der Waals surface area contributed by atoms with Crippen LogP contribution in [0.1, 0.15) is 10.4 Å². The number of carbonyl (C=O) groups is 1. The molecule has 0 spiro atoms. The number of sulfonamides is 1. The predicted molar refractivity (Wildman–Crippen MR) is 92.1 cm³/mol. The number of hydroxylamine groups is 1. The van der Waals surface area contributed by atoms with Crippen molar-refractivity contribution in [1.29, 1.82) is 0 Å². The van der Waals surface area contributed by atoms with Crippen LogP contribution in [0.2, 0.25) is 0 Å². The summed E-state index contributed by atoms with van der Waals surface area (Å²) in [6.45, 7) is -1.47. The van der Waals surface area contributed by atoms with Crippen LogP contribution in [0.5, 0.6) is 5.88 Å². The van der Waals surface area contributed by atoms with Gasteiger partial charge in [0, 0.05) is 18.7 Å². The highest BCUT2D eigenvalue weighted by Gasteiger charge is 2.28. The van der Waals surface area contributed by atoms with Crippen molar-refractivity contribution in [1.82, 2.24) is 9.45 Å². The number of anilines is 1. The van der Waals surface area contributed by atoms with Crippen molar-refractivity contribution in [3.8, 4) is 5.88 Å². The van der Waals surface area contributed by atoms with Gasteiger partial charge in [0.15, 0.2) is 6.61 Å². The zero-order valence-electron chi connectivity index (χ0n) is 14.7. The minimum atomic E-state index is -4.48. The Kier molecular flexibility index (Phi) is 6.59. The molecule has 1 N–H and O–H groups in total. The summed E-state index contributed by atoms with van der Waals surface area (Å²) < 4.78 is 65.6. The molecule has 1 heterocycles. The number of benzene rings is 1. The third-order valence-corrected chi connectivity index (χ3v) is 5.08. The Morgan fingerprint density at radius 2 is 1.82 bits per heavy atom. The summed E-state index contributed by atoms with van der Waals surface area (Å²) in [5.41, 5.74) is 0.386. The second-order valence-corrected chi connectivity index (χ2v) is 7.30. The first-order valence-corrected chi connectivity index (χ1v) is 9.07. The molecular weight excluding hydrogens is 403 g/mol. The van der Waals surface area contributed by atoms with Gasteiger partial charge in [0.1, 0.15) is 0 Å². The number of amides is 1. The molecule has 0 unspecified atom stereocenters. The van der Waals surface area contributed by atoms with E-state index in [1.807, 2.05) is 0 Å². The van der Waals surface area contributed by atoms with E-state index < -0.39 is 28.7 Å². The molecule has 0 bridgehead atoms. The fraction of sp³-hybridized carbons (Fsp3) is 0.250. The Labute approximate surface area is 158 Å². The van der Waals surface area contributed by atoms with Crippen LogP contribution in [0.4, 0.5) is 18.9 Å². The Morgan fingerprint density at radius 3 is 2.32 bits per heavy atom. The van der Waals surface area contributed by atoms with Gasteiger partial charge in [-0.1, -0.05) is 4.47 Å². The van der Waals surface area contributed by atoms with Gasteiger partial charge in [-0.3, -0.25) is 9.63 Å². The van der Waals surface area contributed by atoms with Gasteiger partial charge in [-0.15, -0.1) is 0 Å². The van der Waals surface area contributed by atoms with E-state index in [2.05, 4.69) is 19.9 Å². The van der Waals surface area contributed by atoms with E-state index in [4.69, 9.17) is 0 Å². The lowest BCUT2D eigenvalue weighted by Gasteiger charge is -2.14. The molecule has 2 rings (SSSR count). The van der Waals surface area contributed by atoms with Crippen LogP contribution in [0, 0.1) is 0 Å². The first-order chi connectivity index (χ1) is 13.0. The molecule has 1 aromatic carbocycles. The summed E-state index contributed by atoms with van der Waals surface area (Å²) in [6.07, 6.45) is -3.34. The van der Waals surface area contributed by atoms with E-state index in [-0.39, 0.29) is 22.0 Å². The topological polar surface area (TPSA) is 97.8 Å². The maximum atomic E-state index is 12.2. The first-order valence-electron chi connectivity index (χ1n) is 7.63. The number of hydrogen-bond donors (Lipinski definition) is 1. The Hall–Kier alpha value is -2.70. The molecular formula is C16H16F3N3O5S. The van der Waals surface area contributed by atoms with Gasteiger partial charge in [0.25, 0.3) is 15.9 Å². The SMILES string of the molecule is CON(C)S(=O)(=O)c1ccc(C(=O)Nc2ccc(OCC(F)(F)F)nc2)cc1. The largest absolute Gasteiger partial charge is 0.468 e. The van der Waals surface area contributed by atoms with E-state index in [1.54, 1.807) is 0 Å². The number of carbonyl (C=O) groups excluding carboxylic acids is 1. The fourth-order valence-electron chi connectivity index (χ4n) is 1.92. The van der Waals surface area contributed by atoms with Crippen molar-refractivity contribution < 1.29 is 36.0 Å². The second-order valence-electron chi connectivity index (χ2n) is 5.36. The summed E-state index contributed by atoms with van der Waals surface area (Å²) >= 11 is 0. The summed E-state index contributed by atoms with van der Waals surface area (Å²) in [6, 6.07) is 7.60. The smallest absolute Gasteiger partial charge is 0.422 e. The third kappa shape index (κ3) is 5.65. The molecule has 0 aliphatic rings. The monoisotopic (exact) mass is 419 g/mol. The highest BCUT2D eigenvalue weighted by molar-refractivity contribution is 7.89. The second kappa shape index (κ2) is 8.54. The number of hydrogen-bond acceptors (Lipinski definition) is 6. The highest BCUT2D eigenvalue weighted by atomic mass is 32.2. The van der Waals surface area contributed by atoms with E-state index in [0.29, 0.717) is 4.47 Å². The number of nitrogens with zero attached hydrogens (tertiary/aromatic N) is 2. The van der Waals surface area contributed by atoms with Gasteiger partial charge < -0.3 is 10.1 Å². The molecule has 0 saturated carbocycles. The van der Waals surface area contributed by atoms with Crippen LogP contribution in [-0.4, -0.2) is 50.7 Å². The van der Waals surface area contributed by atoms with Crippen molar-refractivity contribution >= 4 is 21.6 Å². The Balaban J connectivity index is 2.03. The number of alkyl halides is 3. The lowest BCUT2D eigenvalue weighted by Crippen LogP contribution is -2.25. The normalized spacial score (nSPS) is 12.1. The average molecular weight is 419 g/mol. The lowest BCUT2D eigenvalue weighted by molar-refractivity contribution is -0.154. The van der Waals surface area contributed by atoms with Crippen molar-refractivity contribution in [3.63, 3.8) is 0 Å². The number of halogens is 3. The molecule has 1 aromatic heterocycles. The molecule has 8 nitrogen and oxygen atoms in total. The molecule has 0 atom stereocenters. The minimum absolute atomic E-state index is 0.0683. The van der Waals surface area contributed by atoms with Crippen LogP contribution >= 0.6 is 0 Å². The number of ether oxygens (including phenoxy) is 1. The summed E-state index contributed by atoms with van der Waals surface area (Å²) in [5.74, 6) is -0.804. The molecule has 152 valence electrons. The van der Waals surface area contributed by atoms with Gasteiger partial charge in [-0.05, 0) is 30.3 Å². The Morgan fingerprint density at radius 1 is 1.18 bits per heavy atom. The van der Waals surface area contributed by atoms with Crippen molar-refractivity contribution in [2.24, 2.45) is 0 Å². The van der Waals surface area contributed by atoms with Crippen LogP contribution < -0.4 is 10.1 Å². The maximum absolute atomic E-state index is 12.2. The van der Waals surface area contributed by atoms with Gasteiger partial charge in [-0.2, -0.15) is 13.2 Å². The summed E-state index contributed by atoms with van der Waals surface area (Å²) in [7, 11) is -1.41. The quantitative estimate of drug-likeness (QED) is 0.693. The molecule has 1 amide bonds. The minimum Gasteiger partial charge on any atom is -0.468 e. The number of pyridine rings is 1. The van der Waals surface area contributed by atoms with Gasteiger partial charge >= 0.3 is 6.18 Å². The molecule has 0 aliphatic carbocycles. The van der Waals surface area contributed by atoms with E-state index >= 15 is 0 Å². The van der Waals surface area contributed by atoms with Crippen molar-refractivity contribution in [2.45, 2.75) is 11.1 Å². The zero-order chi connectivity index (χ0) is 20.9. The van der Waals surface area contributed by atoms with E-state index in [0.717, 1.165) is 6.20 Å². The van der Waals surface area contributed by atoms with Crippen molar-refractivity contribution in [2.75, 3.05) is 26.1 Å². The highest BCUT2D eigenvalue weighted by Crippen LogP contribution is 2.19. The molecule has 0 saturated heterocycles. The maximum Gasteiger partial charge on any atom is 0.422 e. The van der Waals surface area contributed by atoms with Crippen LogP contribution in [0.15, 0.2) is 47.5 Å². The standard InChI is InChI=1S/C16H16F3N3O5S/c1-22(26-2)28(24,25)13-6-3-11(4-7-13)15(23)21-12-5-8-14(20-9-12)27-10-16(17,18)19/h3-9H,10H2,1-2H3,(H,21,23). The van der Waals surface area contributed by atoms with Crippen LogP contribution in [-0.2, 0) is 14.9 Å². The van der Waals surface area contributed by atoms with Crippen molar-refractivity contribution in [3.05, 3.63) is 48.2 Å². The average Bonchev–Trinajstić information content (AvgIpc) is 2.66. The van der Waals surface area contributed by atoms with Gasteiger partial charge in [0.05, 0.1) is 23.9 Å². The molecule has 12 heteroatoms. The summed E-state index contributed by atoms with van der Waals surface area (Å²) in [4.78, 5) is 20.5. The third-order valence-electron chi connectivity index (χ3n) is 3.39. The van der Waals surface area contributed by atoms with Gasteiger partial charge in [-0.25, -0.2) is 13.4 Å². The predicted octanol–water partition coefficient (Wildman–Crippen LogP) is 2.46. The van der Waals surface area contributed by atoms with E-state index in [1.165, 1.54) is 50.6 Å². The number of rotatable bonds is 7. The van der Waals surface area contributed by atoms with Gasteiger partial charge in [0.2, 0.25) is 5.88 Å².